The summed E-state index contributed by atoms with van der Waals surface area (Å²) in [5.74, 6) is -0.459. The van der Waals surface area contributed by atoms with Crippen molar-refractivity contribution in [2.75, 3.05) is 13.7 Å². The maximum absolute atomic E-state index is 13.3. The largest absolute Gasteiger partial charge is 0.497 e. The van der Waals surface area contributed by atoms with Gasteiger partial charge in [-0.15, -0.1) is 0 Å². The average molecular weight is 431 g/mol. The van der Waals surface area contributed by atoms with E-state index in [0.717, 1.165) is 27.9 Å². The molecule has 0 unspecified atom stereocenters. The van der Waals surface area contributed by atoms with E-state index in [1.54, 1.807) is 44.4 Å². The lowest BCUT2D eigenvalue weighted by atomic mass is 10.0. The van der Waals surface area contributed by atoms with Crippen LogP contribution in [-0.4, -0.2) is 30.0 Å². The molecule has 0 amide bonds. The number of carbonyl (C=O) groups excluding carboxylic acids is 2. The number of fused-ring (bicyclic) bond motifs is 1. The van der Waals surface area contributed by atoms with E-state index < -0.39 is 5.97 Å². The normalized spacial score (nSPS) is 10.9. The molecule has 5 nitrogen and oxygen atoms in total. The molecule has 1 heterocycles. The van der Waals surface area contributed by atoms with Gasteiger partial charge in [-0.1, -0.05) is 18.2 Å². The number of esters is 1. The molecule has 162 valence electrons. The van der Waals surface area contributed by atoms with Gasteiger partial charge in [0, 0.05) is 22.6 Å². The fourth-order valence-corrected chi connectivity index (χ4v) is 3.77. The zero-order chi connectivity index (χ0) is 22.8. The minimum Gasteiger partial charge on any atom is -0.497 e. The Bertz CT molecular complexity index is 1320. The van der Waals surface area contributed by atoms with E-state index in [4.69, 9.17) is 9.47 Å². The minimum absolute atomic E-state index is 0.289. The summed E-state index contributed by atoms with van der Waals surface area (Å²) in [5, 5.41) is 1.84. The van der Waals surface area contributed by atoms with Crippen molar-refractivity contribution in [3.63, 3.8) is 0 Å². The van der Waals surface area contributed by atoms with Gasteiger partial charge in [0.2, 0.25) is 0 Å². The first-order valence-electron chi connectivity index (χ1n) is 10.1. The van der Waals surface area contributed by atoms with Crippen LogP contribution in [0.1, 0.15) is 32.1 Å². The number of nitrogens with zero attached hydrogens (tertiary/aromatic N) is 1. The molecule has 0 bridgehead atoms. The van der Waals surface area contributed by atoms with E-state index in [0.29, 0.717) is 16.8 Å². The Kier molecular flexibility index (Phi) is 5.77. The third kappa shape index (κ3) is 4.12. The number of rotatable bonds is 6. The molecule has 0 saturated carbocycles. The summed E-state index contributed by atoms with van der Waals surface area (Å²) in [6, 6.07) is 18.6. The molecule has 4 rings (SSSR count). The Morgan fingerprint density at radius 1 is 0.906 bits per heavy atom. The maximum atomic E-state index is 13.3. The van der Waals surface area contributed by atoms with E-state index in [9.17, 15) is 14.0 Å². The van der Waals surface area contributed by atoms with Gasteiger partial charge in [0.25, 0.3) is 0 Å². The van der Waals surface area contributed by atoms with Gasteiger partial charge in [-0.2, -0.15) is 0 Å². The molecule has 0 aliphatic carbocycles. The van der Waals surface area contributed by atoms with E-state index in [1.807, 2.05) is 35.8 Å². The molecular weight excluding hydrogens is 409 g/mol. The predicted molar refractivity (Wildman–Crippen MR) is 120 cm³/mol. The van der Waals surface area contributed by atoms with Crippen molar-refractivity contribution < 1.29 is 23.5 Å². The van der Waals surface area contributed by atoms with Gasteiger partial charge in [0.05, 0.1) is 12.7 Å². The average Bonchev–Trinajstić information content (AvgIpc) is 3.11. The maximum Gasteiger partial charge on any atom is 0.340 e. The standard InChI is InChI=1S/C26H22FNO4/c1-16-12-24(17(2)28(16)22-9-7-21(27)8-10-22)26(30)32-15-25(29)20-5-4-19-14-23(31-3)11-6-18(19)13-20/h4-14H,15H2,1-3H3. The topological polar surface area (TPSA) is 57.5 Å². The van der Waals surface area contributed by atoms with Gasteiger partial charge in [-0.3, -0.25) is 4.79 Å². The van der Waals surface area contributed by atoms with Crippen molar-refractivity contribution in [1.82, 2.24) is 4.57 Å². The summed E-state index contributed by atoms with van der Waals surface area (Å²) in [4.78, 5) is 25.3. The fraction of sp³-hybridized carbons (Fsp3) is 0.154. The van der Waals surface area contributed by atoms with Crippen LogP contribution in [0.15, 0.2) is 66.7 Å². The molecular formula is C26H22FNO4. The molecule has 4 aromatic rings. The van der Waals surface area contributed by atoms with Crippen LogP contribution in [0.4, 0.5) is 4.39 Å². The van der Waals surface area contributed by atoms with Crippen molar-refractivity contribution in [2.24, 2.45) is 0 Å². The summed E-state index contributed by atoms with van der Waals surface area (Å²) in [5.41, 5.74) is 3.03. The van der Waals surface area contributed by atoms with Gasteiger partial charge in [0.1, 0.15) is 11.6 Å². The van der Waals surface area contributed by atoms with Crippen LogP contribution < -0.4 is 4.74 Å². The van der Waals surface area contributed by atoms with Crippen molar-refractivity contribution in [1.29, 1.82) is 0 Å². The number of hydrogen-bond donors (Lipinski definition) is 0. The number of carbonyl (C=O) groups is 2. The molecule has 0 aliphatic heterocycles. The highest BCUT2D eigenvalue weighted by atomic mass is 19.1. The quantitative estimate of drug-likeness (QED) is 0.302. The van der Waals surface area contributed by atoms with Gasteiger partial charge < -0.3 is 14.0 Å². The first kappa shape index (κ1) is 21.3. The van der Waals surface area contributed by atoms with E-state index in [1.165, 1.54) is 12.1 Å². The van der Waals surface area contributed by atoms with Crippen LogP contribution >= 0.6 is 0 Å². The second kappa shape index (κ2) is 8.67. The highest BCUT2D eigenvalue weighted by Crippen LogP contribution is 2.23. The van der Waals surface area contributed by atoms with Crippen molar-refractivity contribution >= 4 is 22.5 Å². The van der Waals surface area contributed by atoms with Crippen LogP contribution in [0, 0.1) is 19.7 Å². The Morgan fingerprint density at radius 3 is 2.31 bits per heavy atom. The molecule has 0 fully saturated rings. The zero-order valence-corrected chi connectivity index (χ0v) is 18.0. The summed E-state index contributed by atoms with van der Waals surface area (Å²) in [7, 11) is 1.60. The zero-order valence-electron chi connectivity index (χ0n) is 18.0. The van der Waals surface area contributed by atoms with Crippen LogP contribution in [0.25, 0.3) is 16.5 Å². The fourth-order valence-electron chi connectivity index (χ4n) is 3.77. The molecule has 3 aromatic carbocycles. The smallest absolute Gasteiger partial charge is 0.340 e. The molecule has 0 saturated heterocycles. The Labute approximate surface area is 185 Å². The van der Waals surface area contributed by atoms with Gasteiger partial charge >= 0.3 is 5.97 Å². The van der Waals surface area contributed by atoms with Crippen LogP contribution in [0.3, 0.4) is 0 Å². The number of benzene rings is 3. The predicted octanol–water partition coefficient (Wildman–Crippen LogP) is 5.43. The van der Waals surface area contributed by atoms with Crippen molar-refractivity contribution in [2.45, 2.75) is 13.8 Å². The summed E-state index contributed by atoms with van der Waals surface area (Å²) < 4.78 is 25.6. The second-order valence-electron chi connectivity index (χ2n) is 7.52. The van der Waals surface area contributed by atoms with Crippen molar-refractivity contribution in [3.05, 3.63) is 95.1 Å². The minimum atomic E-state index is -0.578. The summed E-state index contributed by atoms with van der Waals surface area (Å²) in [6.45, 7) is 3.27. The van der Waals surface area contributed by atoms with Gasteiger partial charge in [-0.25, -0.2) is 9.18 Å². The number of aryl methyl sites for hydroxylation is 1. The number of ketones is 1. The summed E-state index contributed by atoms with van der Waals surface area (Å²) in [6.07, 6.45) is 0. The number of halogens is 1. The van der Waals surface area contributed by atoms with E-state index in [2.05, 4.69) is 0 Å². The first-order chi connectivity index (χ1) is 15.4. The van der Waals surface area contributed by atoms with Gasteiger partial charge in [-0.05, 0) is 73.2 Å². The number of ether oxygens (including phenoxy) is 2. The van der Waals surface area contributed by atoms with Crippen molar-refractivity contribution in [3.8, 4) is 11.4 Å². The Morgan fingerprint density at radius 2 is 1.59 bits per heavy atom. The molecule has 0 radical (unpaired) electrons. The van der Waals surface area contributed by atoms with Crippen LogP contribution in [0.5, 0.6) is 5.75 Å². The lowest BCUT2D eigenvalue weighted by Crippen LogP contribution is -2.15. The Balaban J connectivity index is 1.49. The number of aromatic nitrogens is 1. The highest BCUT2D eigenvalue weighted by molar-refractivity contribution is 6.02. The van der Waals surface area contributed by atoms with Crippen LogP contribution in [0.2, 0.25) is 0 Å². The molecule has 0 aliphatic rings. The molecule has 0 spiro atoms. The molecule has 32 heavy (non-hydrogen) atoms. The molecule has 6 heteroatoms. The Hall–Kier alpha value is -3.93. The molecule has 1 aromatic heterocycles. The first-order valence-corrected chi connectivity index (χ1v) is 10.1. The lowest BCUT2D eigenvalue weighted by Gasteiger charge is -2.10. The monoisotopic (exact) mass is 431 g/mol. The lowest BCUT2D eigenvalue weighted by molar-refractivity contribution is 0.0474. The number of methoxy groups -OCH3 is 1. The van der Waals surface area contributed by atoms with E-state index in [-0.39, 0.29) is 18.2 Å². The van der Waals surface area contributed by atoms with Crippen LogP contribution in [-0.2, 0) is 4.74 Å². The second-order valence-corrected chi connectivity index (χ2v) is 7.52. The third-order valence-corrected chi connectivity index (χ3v) is 5.44. The number of hydrogen-bond acceptors (Lipinski definition) is 4. The molecule has 0 atom stereocenters. The number of Topliss-reactive ketones (excluding diaryl/α,β-unsaturated/α-hetero) is 1. The highest BCUT2D eigenvalue weighted by Gasteiger charge is 2.19. The third-order valence-electron chi connectivity index (χ3n) is 5.44. The van der Waals surface area contributed by atoms with E-state index >= 15 is 0 Å². The SMILES string of the molecule is COc1ccc2cc(C(=O)COC(=O)c3cc(C)n(-c4ccc(F)cc4)c3C)ccc2c1. The van der Waals surface area contributed by atoms with Gasteiger partial charge in [0.15, 0.2) is 12.4 Å². The molecule has 0 N–H and O–H groups in total. The summed E-state index contributed by atoms with van der Waals surface area (Å²) >= 11 is 0.